The van der Waals surface area contributed by atoms with E-state index in [2.05, 4.69) is 23.3 Å². The minimum Gasteiger partial charge on any atom is -0.489 e. The largest absolute Gasteiger partial charge is 0.489 e. The molecule has 0 bridgehead atoms. The van der Waals surface area contributed by atoms with Crippen LogP contribution < -0.4 is 10.1 Å². The molecule has 0 unspecified atom stereocenters. The Labute approximate surface area is 175 Å². The van der Waals surface area contributed by atoms with Gasteiger partial charge < -0.3 is 14.5 Å². The topological polar surface area (TPSA) is 64.4 Å². The second-order valence-electron chi connectivity index (χ2n) is 7.39. The van der Waals surface area contributed by atoms with Gasteiger partial charge >= 0.3 is 0 Å². The van der Waals surface area contributed by atoms with Gasteiger partial charge in [-0.05, 0) is 48.7 Å². The molecular weight excluding hydrogens is 376 g/mol. The summed E-state index contributed by atoms with van der Waals surface area (Å²) in [5.74, 6) is 0.747. The molecule has 0 atom stereocenters. The maximum Gasteiger partial charge on any atom is 0.224 e. The summed E-state index contributed by atoms with van der Waals surface area (Å²) in [6.07, 6.45) is 5.51. The van der Waals surface area contributed by atoms with Crippen LogP contribution in [0.1, 0.15) is 27.8 Å². The van der Waals surface area contributed by atoms with E-state index in [4.69, 9.17) is 9.15 Å². The summed E-state index contributed by atoms with van der Waals surface area (Å²) in [5, 5.41) is 3.98. The van der Waals surface area contributed by atoms with Crippen molar-refractivity contribution in [2.75, 3.05) is 0 Å². The summed E-state index contributed by atoms with van der Waals surface area (Å²) < 4.78 is 11.5. The number of carbonyl (C=O) groups excluding carboxylic acids is 1. The van der Waals surface area contributed by atoms with Gasteiger partial charge in [0.25, 0.3) is 0 Å². The van der Waals surface area contributed by atoms with Gasteiger partial charge in [-0.25, -0.2) is 0 Å². The molecule has 0 aliphatic carbocycles. The number of fused-ring (bicyclic) bond motifs is 1. The third kappa shape index (κ3) is 4.51. The van der Waals surface area contributed by atoms with E-state index in [-0.39, 0.29) is 5.91 Å². The molecule has 4 aromatic rings. The lowest BCUT2D eigenvalue weighted by Crippen LogP contribution is -2.24. The Morgan fingerprint density at radius 1 is 1.07 bits per heavy atom. The second kappa shape index (κ2) is 8.82. The Kier molecular flexibility index (Phi) is 5.80. The number of benzene rings is 2. The van der Waals surface area contributed by atoms with Crippen molar-refractivity contribution in [2.24, 2.45) is 0 Å². The summed E-state index contributed by atoms with van der Waals surface area (Å²) in [4.78, 5) is 16.5. The van der Waals surface area contributed by atoms with Crippen LogP contribution in [0.3, 0.4) is 0 Å². The van der Waals surface area contributed by atoms with Gasteiger partial charge in [-0.2, -0.15) is 0 Å². The third-order valence-electron chi connectivity index (χ3n) is 5.23. The fraction of sp³-hybridized carbons (Fsp3) is 0.200. The van der Waals surface area contributed by atoms with Gasteiger partial charge in [0.1, 0.15) is 17.9 Å². The number of aryl methyl sites for hydroxylation is 2. The Morgan fingerprint density at radius 3 is 2.67 bits per heavy atom. The first-order valence-electron chi connectivity index (χ1n) is 9.94. The van der Waals surface area contributed by atoms with E-state index in [0.29, 0.717) is 19.6 Å². The normalized spacial score (nSPS) is 10.9. The zero-order valence-corrected chi connectivity index (χ0v) is 17.1. The van der Waals surface area contributed by atoms with Crippen LogP contribution in [0.5, 0.6) is 5.75 Å². The average molecular weight is 400 g/mol. The van der Waals surface area contributed by atoms with Gasteiger partial charge in [0.05, 0.1) is 12.7 Å². The average Bonchev–Trinajstić information content (AvgIpc) is 3.18. The molecule has 5 heteroatoms. The molecule has 152 valence electrons. The number of pyridine rings is 1. The number of hydrogen-bond acceptors (Lipinski definition) is 4. The molecule has 2 aromatic carbocycles. The van der Waals surface area contributed by atoms with Crippen LogP contribution in [0.15, 0.2) is 71.6 Å². The van der Waals surface area contributed by atoms with Crippen LogP contribution in [0.2, 0.25) is 0 Å². The van der Waals surface area contributed by atoms with Crippen LogP contribution in [-0.2, 0) is 24.4 Å². The molecular formula is C25H24N2O3. The Balaban J connectivity index is 1.30. The number of hydrogen-bond donors (Lipinski definition) is 1. The fourth-order valence-electron chi connectivity index (χ4n) is 3.32. The molecule has 0 aliphatic rings. The first kappa shape index (κ1) is 19.7. The number of furan rings is 1. The van der Waals surface area contributed by atoms with E-state index in [9.17, 15) is 4.79 Å². The summed E-state index contributed by atoms with van der Waals surface area (Å²) in [7, 11) is 0. The molecule has 0 saturated heterocycles. The lowest BCUT2D eigenvalue weighted by atomic mass is 10.0. The molecule has 0 saturated carbocycles. The van der Waals surface area contributed by atoms with Crippen LogP contribution in [0.4, 0.5) is 0 Å². The predicted molar refractivity (Wildman–Crippen MR) is 116 cm³/mol. The van der Waals surface area contributed by atoms with E-state index in [1.807, 2.05) is 49.4 Å². The summed E-state index contributed by atoms with van der Waals surface area (Å²) in [6, 6.07) is 15.7. The zero-order valence-electron chi connectivity index (χ0n) is 17.1. The van der Waals surface area contributed by atoms with Crippen molar-refractivity contribution in [3.63, 3.8) is 0 Å². The molecule has 0 aliphatic heterocycles. The number of carbonyl (C=O) groups is 1. The van der Waals surface area contributed by atoms with E-state index in [1.54, 1.807) is 18.7 Å². The Morgan fingerprint density at radius 2 is 1.90 bits per heavy atom. The zero-order chi connectivity index (χ0) is 20.9. The first-order valence-corrected chi connectivity index (χ1v) is 9.94. The number of aromatic nitrogens is 1. The summed E-state index contributed by atoms with van der Waals surface area (Å²) >= 11 is 0. The fourth-order valence-corrected chi connectivity index (χ4v) is 3.32. The standard InChI is InChI=1S/C25H24N2O3/c1-17-5-10-23-21(16-30-25(23)18(17)2)12-24(28)27-14-19-6-8-22(9-7-19)29-15-20-4-3-11-26-13-20/h3-11,13,16H,12,14-15H2,1-2H3,(H,27,28). The maximum absolute atomic E-state index is 12.4. The first-order chi connectivity index (χ1) is 14.6. The van der Waals surface area contributed by atoms with Crippen molar-refractivity contribution in [3.05, 3.63) is 95.0 Å². The minimum atomic E-state index is -0.0344. The highest BCUT2D eigenvalue weighted by Gasteiger charge is 2.12. The van der Waals surface area contributed by atoms with Crippen LogP contribution in [0.25, 0.3) is 11.0 Å². The summed E-state index contributed by atoms with van der Waals surface area (Å²) in [5.41, 5.74) is 6.10. The van der Waals surface area contributed by atoms with Crippen molar-refractivity contribution >= 4 is 16.9 Å². The SMILES string of the molecule is Cc1ccc2c(CC(=O)NCc3ccc(OCc4cccnc4)cc3)coc2c1C. The quantitative estimate of drug-likeness (QED) is 0.480. The van der Waals surface area contributed by atoms with Crippen molar-refractivity contribution < 1.29 is 13.9 Å². The number of ether oxygens (including phenoxy) is 1. The molecule has 5 nitrogen and oxygen atoms in total. The van der Waals surface area contributed by atoms with Gasteiger partial charge in [-0.1, -0.05) is 30.3 Å². The Hall–Kier alpha value is -3.60. The van der Waals surface area contributed by atoms with Gasteiger partial charge in [-0.15, -0.1) is 0 Å². The van der Waals surface area contributed by atoms with E-state index in [1.165, 1.54) is 5.56 Å². The molecule has 2 heterocycles. The smallest absolute Gasteiger partial charge is 0.224 e. The van der Waals surface area contributed by atoms with Gasteiger partial charge in [-0.3, -0.25) is 9.78 Å². The van der Waals surface area contributed by atoms with Gasteiger partial charge in [0.2, 0.25) is 5.91 Å². The van der Waals surface area contributed by atoms with Crippen LogP contribution in [0, 0.1) is 13.8 Å². The number of nitrogens with one attached hydrogen (secondary N) is 1. The lowest BCUT2D eigenvalue weighted by Gasteiger charge is -2.08. The number of amides is 1. The second-order valence-corrected chi connectivity index (χ2v) is 7.39. The number of rotatable bonds is 7. The monoisotopic (exact) mass is 400 g/mol. The molecule has 2 aromatic heterocycles. The molecule has 0 radical (unpaired) electrons. The minimum absolute atomic E-state index is 0.0344. The van der Waals surface area contributed by atoms with Gasteiger partial charge in [0.15, 0.2) is 0 Å². The van der Waals surface area contributed by atoms with E-state index in [0.717, 1.165) is 39.0 Å². The van der Waals surface area contributed by atoms with Crippen molar-refractivity contribution in [1.29, 1.82) is 0 Å². The van der Waals surface area contributed by atoms with Crippen molar-refractivity contribution in [1.82, 2.24) is 10.3 Å². The predicted octanol–water partition coefficient (Wildman–Crippen LogP) is 4.88. The highest BCUT2D eigenvalue weighted by molar-refractivity contribution is 5.89. The molecule has 1 amide bonds. The van der Waals surface area contributed by atoms with Gasteiger partial charge in [0, 0.05) is 35.5 Å². The molecule has 30 heavy (non-hydrogen) atoms. The van der Waals surface area contributed by atoms with Crippen LogP contribution >= 0.6 is 0 Å². The summed E-state index contributed by atoms with van der Waals surface area (Å²) in [6.45, 7) is 5.03. The van der Waals surface area contributed by atoms with Crippen molar-refractivity contribution in [2.45, 2.75) is 33.4 Å². The molecule has 4 rings (SSSR count). The third-order valence-corrected chi connectivity index (χ3v) is 5.23. The van der Waals surface area contributed by atoms with E-state index < -0.39 is 0 Å². The van der Waals surface area contributed by atoms with E-state index >= 15 is 0 Å². The lowest BCUT2D eigenvalue weighted by molar-refractivity contribution is -0.120. The van der Waals surface area contributed by atoms with Crippen molar-refractivity contribution in [3.8, 4) is 5.75 Å². The van der Waals surface area contributed by atoms with Crippen LogP contribution in [-0.4, -0.2) is 10.9 Å². The molecule has 1 N–H and O–H groups in total. The maximum atomic E-state index is 12.4. The highest BCUT2D eigenvalue weighted by atomic mass is 16.5. The highest BCUT2D eigenvalue weighted by Crippen LogP contribution is 2.26. The number of nitrogens with zero attached hydrogens (tertiary/aromatic N) is 1. The molecule has 0 fully saturated rings. The Bertz CT molecular complexity index is 1150. The molecule has 0 spiro atoms.